The third-order valence-corrected chi connectivity index (χ3v) is 17.3. The first kappa shape index (κ1) is 52.5. The number of hydrogen-bond acceptors (Lipinski definition) is 9. The van der Waals surface area contributed by atoms with Crippen molar-refractivity contribution >= 4 is 106 Å². The van der Waals surface area contributed by atoms with Gasteiger partial charge in [-0.15, -0.1) is 0 Å². The van der Waals surface area contributed by atoms with E-state index in [2.05, 4.69) is 210 Å². The van der Waals surface area contributed by atoms with E-state index in [1.165, 1.54) is 44.5 Å². The van der Waals surface area contributed by atoms with Crippen LogP contribution in [0.1, 0.15) is 58.7 Å². The largest absolute Gasteiger partial charge is 0.447 e. The second kappa shape index (κ2) is 22.8. The first-order valence-corrected chi connectivity index (χ1v) is 29.6. The van der Waals surface area contributed by atoms with Crippen molar-refractivity contribution < 1.29 is 31.1 Å². The normalized spacial score (nSPS) is 14.2. The predicted octanol–water partition coefficient (Wildman–Crippen LogP) is 13.0. The number of nitrogens with zero attached hydrogens (tertiary/aromatic N) is 9. The number of furan rings is 3. The van der Waals surface area contributed by atoms with Crippen LogP contribution in [0.15, 0.2) is 213 Å². The van der Waals surface area contributed by atoms with E-state index in [-0.39, 0.29) is 20.5 Å². The van der Waals surface area contributed by atoms with E-state index in [1.54, 1.807) is 24.8 Å². The summed E-state index contributed by atoms with van der Waals surface area (Å²) < 4.78 is 48.8. The molecule has 0 N–H and O–H groups in total. The maximum Gasteiger partial charge on any atom is 0.447 e. The highest BCUT2D eigenvalue weighted by molar-refractivity contribution is 6.80. The number of hydrogen-bond donors (Lipinski definition) is 0. The fraction of sp³-hybridized carbons (Fsp3) is 0.167. The van der Waals surface area contributed by atoms with E-state index in [0.717, 1.165) is 78.8 Å². The van der Waals surface area contributed by atoms with Gasteiger partial charge in [0, 0.05) is 96.8 Å². The SMILES string of the molecule is CB1c2c(oc3ncccc23)C=C(C)N1c1cc(C)c(-c2ccccc2)c[n+]1C.CB1c2oc3ncccc3c2C=C(C)N1c1cc(C)c(-c2ccccc2)c[n+]1C.[2H]C([2H])([2H])c1c[n+](C)c(N2B(C)c3c(oc4ncccc34)C=C2C)cc1-c1ccccc1. The molecule has 87 heavy (non-hydrogen) atoms. The minimum Gasteiger partial charge on any atom is -0.447 e. The molecule has 0 atom stereocenters. The number of pyridine rings is 6. The van der Waals surface area contributed by atoms with E-state index >= 15 is 0 Å². The second-order valence-electron chi connectivity index (χ2n) is 23.0. The summed E-state index contributed by atoms with van der Waals surface area (Å²) in [7, 11) is 6.12. The van der Waals surface area contributed by atoms with Crippen LogP contribution in [0.5, 0.6) is 0 Å². The summed E-state index contributed by atoms with van der Waals surface area (Å²) in [5.74, 6) is 4.95. The molecule has 9 aromatic heterocycles. The standard InChI is InChI=1S/3C24H23BN3O/c1-16-15-27(4)22(14-20(16)18-9-6-5-7-10-18)28-17(2)13-21-23(25(28)3)19-11-8-12-26-24(19)29-21;1-16-13-22(27(4)15-20(16)18-9-6-5-7-10-18)28-17(2)14-21-23(25(28)3)19-11-8-12-26-24(19)29-21;1-16-13-22(27(4)15-21(16)18-9-6-5-7-10-18)28-17(2)14-20-19-11-8-12-26-24(19)29-23(20)25(28)3/h3*5-15H,1-4H3/q3*+1/i1D3;;. The second-order valence-corrected chi connectivity index (χ2v) is 23.0. The molecule has 15 heteroatoms. The van der Waals surface area contributed by atoms with Gasteiger partial charge in [0.25, 0.3) is 17.5 Å². The van der Waals surface area contributed by atoms with Gasteiger partial charge in [0.15, 0.2) is 0 Å². The average molecular weight is 1140 g/mol. The average Bonchev–Trinajstić information content (AvgIpc) is 1.46. The molecule has 12 nitrogen and oxygen atoms in total. The smallest absolute Gasteiger partial charge is 0.447 e. The van der Waals surface area contributed by atoms with Crippen molar-refractivity contribution in [3.05, 3.63) is 234 Å². The summed E-state index contributed by atoms with van der Waals surface area (Å²) in [6.07, 6.45) is 17.8. The molecule has 0 saturated heterocycles. The zero-order valence-corrected chi connectivity index (χ0v) is 51.0. The van der Waals surface area contributed by atoms with Gasteiger partial charge in [-0.3, -0.25) is 14.4 Å². The molecular formula is C72H69B3N9O3+3. The molecule has 0 aliphatic carbocycles. The molecule has 0 saturated carbocycles. The van der Waals surface area contributed by atoms with Crippen molar-refractivity contribution in [2.75, 3.05) is 14.4 Å². The molecule has 3 aromatic carbocycles. The lowest BCUT2D eigenvalue weighted by Gasteiger charge is -2.27. The van der Waals surface area contributed by atoms with Gasteiger partial charge in [0.2, 0.25) is 17.1 Å². The van der Waals surface area contributed by atoms with E-state index in [0.29, 0.717) is 28.3 Å². The van der Waals surface area contributed by atoms with Crippen LogP contribution in [0.25, 0.3) is 84.9 Å². The van der Waals surface area contributed by atoms with Crippen molar-refractivity contribution in [1.29, 1.82) is 0 Å². The molecule has 0 unspecified atom stereocenters. The van der Waals surface area contributed by atoms with Gasteiger partial charge in [0.05, 0.1) is 56.8 Å². The van der Waals surface area contributed by atoms with Crippen LogP contribution in [0.2, 0.25) is 20.5 Å². The zero-order chi connectivity index (χ0) is 62.9. The first-order chi connectivity index (χ1) is 43.3. The summed E-state index contributed by atoms with van der Waals surface area (Å²) in [4.78, 5) is 20.1. The number of rotatable bonds is 6. The molecule has 3 aliphatic heterocycles. The Morgan fingerprint density at radius 3 is 1.26 bits per heavy atom. The van der Waals surface area contributed by atoms with Gasteiger partial charge in [-0.05, 0) is 143 Å². The van der Waals surface area contributed by atoms with Crippen LogP contribution in [0, 0.1) is 20.7 Å². The Balaban J connectivity index is 0.000000124. The number of fused-ring (bicyclic) bond motifs is 9. The van der Waals surface area contributed by atoms with Crippen LogP contribution in [-0.4, -0.2) is 35.5 Å². The molecule has 0 spiro atoms. The maximum absolute atomic E-state index is 8.10. The van der Waals surface area contributed by atoms with E-state index < -0.39 is 6.85 Å². The maximum atomic E-state index is 8.10. The van der Waals surface area contributed by atoms with Gasteiger partial charge in [0.1, 0.15) is 17.2 Å². The van der Waals surface area contributed by atoms with Gasteiger partial charge >= 0.3 is 20.5 Å². The van der Waals surface area contributed by atoms with Crippen molar-refractivity contribution in [3.8, 4) is 33.4 Å². The Morgan fingerprint density at radius 2 is 0.805 bits per heavy atom. The molecule has 15 rings (SSSR count). The van der Waals surface area contributed by atoms with Crippen LogP contribution in [-0.2, 0) is 21.1 Å². The number of aromatic nitrogens is 6. The Kier molecular flexibility index (Phi) is 13.8. The molecule has 0 bridgehead atoms. The molecule has 0 radical (unpaired) electrons. The number of benzene rings is 3. The first-order valence-electron chi connectivity index (χ1n) is 31.1. The van der Waals surface area contributed by atoms with Crippen molar-refractivity contribution in [3.63, 3.8) is 0 Å². The summed E-state index contributed by atoms with van der Waals surface area (Å²) >= 11 is 0. The minimum atomic E-state index is -2.22. The molecule has 426 valence electrons. The summed E-state index contributed by atoms with van der Waals surface area (Å²) in [5.41, 5.74) is 19.2. The number of allylic oxidation sites excluding steroid dienone is 3. The van der Waals surface area contributed by atoms with Crippen molar-refractivity contribution in [1.82, 2.24) is 15.0 Å². The topological polar surface area (TPSA) is 99.5 Å². The highest BCUT2D eigenvalue weighted by atomic mass is 16.4. The lowest BCUT2D eigenvalue weighted by molar-refractivity contribution is -0.658. The molecule has 12 aromatic rings. The summed E-state index contributed by atoms with van der Waals surface area (Å²) in [6, 6.07) is 49.3. The van der Waals surface area contributed by atoms with Crippen LogP contribution in [0.4, 0.5) is 17.5 Å². The van der Waals surface area contributed by atoms with E-state index in [9.17, 15) is 0 Å². The Labute approximate surface area is 514 Å². The fourth-order valence-electron chi connectivity index (χ4n) is 13.2. The Bertz CT molecular complexity index is 4850. The number of aryl methyl sites for hydroxylation is 6. The highest BCUT2D eigenvalue weighted by Gasteiger charge is 2.44. The third-order valence-electron chi connectivity index (χ3n) is 17.3. The van der Waals surface area contributed by atoms with Crippen molar-refractivity contribution in [2.45, 2.75) is 61.9 Å². The monoisotopic (exact) mass is 1140 g/mol. The molecular weight excluding hydrogens is 1070 g/mol. The molecule has 3 aliphatic rings. The van der Waals surface area contributed by atoms with Gasteiger partial charge in [-0.2, -0.15) is 0 Å². The third kappa shape index (κ3) is 10.1. The van der Waals surface area contributed by atoms with Gasteiger partial charge < -0.3 is 13.3 Å². The minimum absolute atomic E-state index is 0.0196. The molecule has 12 heterocycles. The zero-order valence-electron chi connectivity index (χ0n) is 54.0. The molecule has 0 amide bonds. The van der Waals surface area contributed by atoms with E-state index in [1.807, 2.05) is 85.3 Å². The lowest BCUT2D eigenvalue weighted by Crippen LogP contribution is -2.52. The van der Waals surface area contributed by atoms with Crippen LogP contribution >= 0.6 is 0 Å². The van der Waals surface area contributed by atoms with Gasteiger partial charge in [-0.1, -0.05) is 91.0 Å². The lowest BCUT2D eigenvalue weighted by atomic mass is 9.54. The number of anilines is 3. The fourth-order valence-corrected chi connectivity index (χ4v) is 13.2. The Morgan fingerprint density at radius 1 is 0.414 bits per heavy atom. The van der Waals surface area contributed by atoms with Crippen LogP contribution < -0.4 is 44.7 Å². The quantitative estimate of drug-likeness (QED) is 0.119. The van der Waals surface area contributed by atoms with Crippen LogP contribution in [0.3, 0.4) is 0 Å². The molecule has 0 fully saturated rings. The van der Waals surface area contributed by atoms with Crippen molar-refractivity contribution in [2.24, 2.45) is 21.1 Å². The van der Waals surface area contributed by atoms with Gasteiger partial charge in [-0.25, -0.2) is 28.7 Å². The predicted molar refractivity (Wildman–Crippen MR) is 358 cm³/mol. The highest BCUT2D eigenvalue weighted by Crippen LogP contribution is 2.35. The summed E-state index contributed by atoms with van der Waals surface area (Å²) in [6.45, 7) is 15.3. The summed E-state index contributed by atoms with van der Waals surface area (Å²) in [5, 5.41) is 3.16. The van der Waals surface area contributed by atoms with E-state index in [4.69, 9.17) is 17.4 Å². The Hall–Kier alpha value is -10.0.